The summed E-state index contributed by atoms with van der Waals surface area (Å²) in [6, 6.07) is 7.34. The van der Waals surface area contributed by atoms with Crippen LogP contribution in [0, 0.1) is 0 Å². The predicted octanol–water partition coefficient (Wildman–Crippen LogP) is 0.210. The lowest BCUT2D eigenvalue weighted by molar-refractivity contribution is -0.115. The summed E-state index contributed by atoms with van der Waals surface area (Å²) in [7, 11) is 0. The van der Waals surface area contributed by atoms with Crippen LogP contribution in [0.15, 0.2) is 30.6 Å². The van der Waals surface area contributed by atoms with E-state index in [0.717, 1.165) is 12.2 Å². The first-order chi connectivity index (χ1) is 8.81. The van der Waals surface area contributed by atoms with Crippen molar-refractivity contribution in [2.24, 2.45) is 0 Å². The van der Waals surface area contributed by atoms with Gasteiger partial charge in [0.2, 0.25) is 5.91 Å². The fraction of sp³-hybridized carbons (Fsp3) is 0.273. The van der Waals surface area contributed by atoms with Gasteiger partial charge in [-0.3, -0.25) is 4.79 Å². The Bertz CT molecular complexity index is 510. The summed E-state index contributed by atoms with van der Waals surface area (Å²) >= 11 is 0. The molecular formula is C11H14N6O. The van der Waals surface area contributed by atoms with E-state index in [1.165, 1.54) is 11.0 Å². The number of para-hydroxylation sites is 2. The summed E-state index contributed by atoms with van der Waals surface area (Å²) in [5.41, 5.74) is 1.40. The summed E-state index contributed by atoms with van der Waals surface area (Å²) in [6.45, 7) is 2.98. The van der Waals surface area contributed by atoms with Gasteiger partial charge in [-0.25, -0.2) is 0 Å². The first-order valence-electron chi connectivity index (χ1n) is 5.64. The summed E-state index contributed by atoms with van der Waals surface area (Å²) in [6.07, 6.45) is 1.48. The van der Waals surface area contributed by atoms with E-state index in [4.69, 9.17) is 0 Å². The van der Waals surface area contributed by atoms with Crippen LogP contribution in [-0.4, -0.2) is 39.2 Å². The van der Waals surface area contributed by atoms with E-state index < -0.39 is 0 Å². The highest BCUT2D eigenvalue weighted by Crippen LogP contribution is 2.17. The predicted molar refractivity (Wildman–Crippen MR) is 66.3 cm³/mol. The van der Waals surface area contributed by atoms with E-state index >= 15 is 0 Å². The average Bonchev–Trinajstić information content (AvgIpc) is 2.91. The van der Waals surface area contributed by atoms with Crippen LogP contribution in [0.1, 0.15) is 6.92 Å². The minimum Gasteiger partial charge on any atom is -0.323 e. The molecule has 0 fully saturated rings. The largest absolute Gasteiger partial charge is 0.323 e. The van der Waals surface area contributed by atoms with Crippen LogP contribution in [-0.2, 0) is 4.79 Å². The summed E-state index contributed by atoms with van der Waals surface area (Å²) in [5, 5.41) is 16.7. The Morgan fingerprint density at radius 3 is 2.94 bits per heavy atom. The van der Waals surface area contributed by atoms with Gasteiger partial charge in [-0.05, 0) is 29.1 Å². The van der Waals surface area contributed by atoms with E-state index in [1.807, 2.05) is 25.1 Å². The zero-order chi connectivity index (χ0) is 12.8. The van der Waals surface area contributed by atoms with Crippen molar-refractivity contribution in [3.05, 3.63) is 30.6 Å². The standard InChI is InChI=1S/C11H14N6O/c1-2-12-7-11(18)14-9-5-3-4-6-10(9)17-8-13-15-16-17/h3-6,8,12H,2,7H2,1H3,(H,14,18). The summed E-state index contributed by atoms with van der Waals surface area (Å²) in [4.78, 5) is 11.7. The maximum atomic E-state index is 11.7. The Balaban J connectivity index is 2.16. The molecule has 0 unspecified atom stereocenters. The Labute approximate surface area is 104 Å². The number of amides is 1. The van der Waals surface area contributed by atoms with Crippen molar-refractivity contribution in [3.8, 4) is 5.69 Å². The van der Waals surface area contributed by atoms with Gasteiger partial charge in [0.25, 0.3) is 0 Å². The molecule has 1 heterocycles. The van der Waals surface area contributed by atoms with Crippen molar-refractivity contribution >= 4 is 11.6 Å². The number of benzene rings is 1. The third kappa shape index (κ3) is 2.89. The second kappa shape index (κ2) is 5.87. The molecule has 1 amide bonds. The fourth-order valence-corrected chi connectivity index (χ4v) is 1.48. The minimum absolute atomic E-state index is 0.0997. The first kappa shape index (κ1) is 12.2. The molecule has 0 bridgehead atoms. The molecule has 0 aliphatic carbocycles. The molecule has 94 valence electrons. The molecule has 0 radical (unpaired) electrons. The van der Waals surface area contributed by atoms with Gasteiger partial charge in [0.05, 0.1) is 17.9 Å². The number of anilines is 1. The molecule has 0 saturated heterocycles. The molecule has 7 nitrogen and oxygen atoms in total. The third-order valence-corrected chi connectivity index (χ3v) is 2.31. The van der Waals surface area contributed by atoms with Gasteiger partial charge in [0.1, 0.15) is 6.33 Å². The molecule has 2 rings (SSSR count). The lowest BCUT2D eigenvalue weighted by Crippen LogP contribution is -2.28. The quantitative estimate of drug-likeness (QED) is 0.787. The van der Waals surface area contributed by atoms with Gasteiger partial charge in [0, 0.05) is 0 Å². The molecule has 0 atom stereocenters. The van der Waals surface area contributed by atoms with Crippen molar-refractivity contribution in [3.63, 3.8) is 0 Å². The van der Waals surface area contributed by atoms with Gasteiger partial charge in [-0.1, -0.05) is 19.1 Å². The molecule has 0 aliphatic heterocycles. The van der Waals surface area contributed by atoms with Gasteiger partial charge in [-0.15, -0.1) is 5.10 Å². The van der Waals surface area contributed by atoms with Gasteiger partial charge < -0.3 is 10.6 Å². The van der Waals surface area contributed by atoms with Gasteiger partial charge >= 0.3 is 0 Å². The molecule has 18 heavy (non-hydrogen) atoms. The monoisotopic (exact) mass is 246 g/mol. The zero-order valence-electron chi connectivity index (χ0n) is 10.00. The topological polar surface area (TPSA) is 84.7 Å². The lowest BCUT2D eigenvalue weighted by Gasteiger charge is -2.10. The normalized spacial score (nSPS) is 10.3. The van der Waals surface area contributed by atoms with Crippen LogP contribution < -0.4 is 10.6 Å². The van der Waals surface area contributed by atoms with E-state index in [-0.39, 0.29) is 12.5 Å². The fourth-order valence-electron chi connectivity index (χ4n) is 1.48. The molecular weight excluding hydrogens is 232 g/mol. The highest BCUT2D eigenvalue weighted by molar-refractivity contribution is 5.94. The van der Waals surface area contributed by atoms with Crippen LogP contribution >= 0.6 is 0 Å². The SMILES string of the molecule is CCNCC(=O)Nc1ccccc1-n1cnnn1. The average molecular weight is 246 g/mol. The molecule has 1 aromatic carbocycles. The Morgan fingerprint density at radius 1 is 1.39 bits per heavy atom. The minimum atomic E-state index is -0.0997. The van der Waals surface area contributed by atoms with Crippen molar-refractivity contribution in [1.82, 2.24) is 25.5 Å². The molecule has 0 spiro atoms. The molecule has 2 aromatic rings. The van der Waals surface area contributed by atoms with Gasteiger partial charge in [0.15, 0.2) is 0 Å². The van der Waals surface area contributed by atoms with Crippen LogP contribution in [0.25, 0.3) is 5.69 Å². The Morgan fingerprint density at radius 2 is 2.22 bits per heavy atom. The number of nitrogens with one attached hydrogen (secondary N) is 2. The third-order valence-electron chi connectivity index (χ3n) is 2.31. The van der Waals surface area contributed by atoms with Crippen LogP contribution in [0.4, 0.5) is 5.69 Å². The Hall–Kier alpha value is -2.28. The van der Waals surface area contributed by atoms with Crippen molar-refractivity contribution in [2.45, 2.75) is 6.92 Å². The van der Waals surface area contributed by atoms with E-state index in [1.54, 1.807) is 6.07 Å². The number of aromatic nitrogens is 4. The van der Waals surface area contributed by atoms with E-state index in [2.05, 4.69) is 26.2 Å². The number of rotatable bonds is 5. The lowest BCUT2D eigenvalue weighted by atomic mass is 10.2. The molecule has 2 N–H and O–H groups in total. The first-order valence-corrected chi connectivity index (χ1v) is 5.64. The smallest absolute Gasteiger partial charge is 0.238 e. The highest BCUT2D eigenvalue weighted by atomic mass is 16.1. The maximum Gasteiger partial charge on any atom is 0.238 e. The number of nitrogens with zero attached hydrogens (tertiary/aromatic N) is 4. The van der Waals surface area contributed by atoms with Crippen molar-refractivity contribution in [2.75, 3.05) is 18.4 Å². The van der Waals surface area contributed by atoms with E-state index in [0.29, 0.717) is 5.69 Å². The van der Waals surface area contributed by atoms with E-state index in [9.17, 15) is 4.79 Å². The second-order valence-electron chi connectivity index (χ2n) is 3.60. The summed E-state index contributed by atoms with van der Waals surface area (Å²) < 4.78 is 1.50. The number of hydrogen-bond acceptors (Lipinski definition) is 5. The Kier molecular flexibility index (Phi) is 3.98. The van der Waals surface area contributed by atoms with Crippen LogP contribution in [0.3, 0.4) is 0 Å². The molecule has 7 heteroatoms. The maximum absolute atomic E-state index is 11.7. The highest BCUT2D eigenvalue weighted by Gasteiger charge is 2.08. The van der Waals surface area contributed by atoms with Crippen molar-refractivity contribution < 1.29 is 4.79 Å². The number of tetrazole rings is 1. The molecule has 0 saturated carbocycles. The number of hydrogen-bond donors (Lipinski definition) is 2. The summed E-state index contributed by atoms with van der Waals surface area (Å²) in [5.74, 6) is -0.0997. The zero-order valence-corrected chi connectivity index (χ0v) is 10.00. The molecule has 1 aromatic heterocycles. The van der Waals surface area contributed by atoms with Gasteiger partial charge in [-0.2, -0.15) is 4.68 Å². The second-order valence-corrected chi connectivity index (χ2v) is 3.60. The van der Waals surface area contributed by atoms with Crippen molar-refractivity contribution in [1.29, 1.82) is 0 Å². The number of carbonyl (C=O) groups is 1. The number of carbonyl (C=O) groups excluding carboxylic acids is 1. The van der Waals surface area contributed by atoms with Crippen LogP contribution in [0.2, 0.25) is 0 Å². The van der Waals surface area contributed by atoms with Crippen LogP contribution in [0.5, 0.6) is 0 Å². The molecule has 0 aliphatic rings. The number of likely N-dealkylation sites (N-methyl/N-ethyl adjacent to an activating group) is 1.